The van der Waals surface area contributed by atoms with Crippen molar-refractivity contribution in [2.24, 2.45) is 0 Å². The molecule has 0 fully saturated rings. The van der Waals surface area contributed by atoms with Crippen molar-refractivity contribution in [3.8, 4) is 11.3 Å². The second-order valence-corrected chi connectivity index (χ2v) is 9.54. The van der Waals surface area contributed by atoms with Crippen molar-refractivity contribution in [2.45, 2.75) is 45.6 Å². The van der Waals surface area contributed by atoms with Crippen LogP contribution in [-0.4, -0.2) is 57.4 Å². The fraction of sp³-hybridized carbons (Fsp3) is 0.417. The molecule has 8 heteroatoms. The van der Waals surface area contributed by atoms with Gasteiger partial charge in [0.15, 0.2) is 5.65 Å². The number of likely N-dealkylation sites (N-methyl/N-ethyl adjacent to an activating group) is 1. The summed E-state index contributed by atoms with van der Waals surface area (Å²) in [7, 11) is 1.81. The van der Waals surface area contributed by atoms with Crippen molar-refractivity contribution < 1.29 is 9.59 Å². The number of nitrogens with two attached hydrogens (primary N) is 1. The Hall–Kier alpha value is -3.26. The molecule has 2 aromatic heterocycles. The van der Waals surface area contributed by atoms with E-state index in [0.717, 1.165) is 23.1 Å². The van der Waals surface area contributed by atoms with Gasteiger partial charge in [-0.15, -0.1) is 0 Å². The molecule has 0 aliphatic rings. The Labute approximate surface area is 188 Å². The molecule has 0 radical (unpaired) electrons. The highest BCUT2D eigenvalue weighted by atomic mass is 16.2. The Morgan fingerprint density at radius 3 is 2.41 bits per heavy atom. The van der Waals surface area contributed by atoms with E-state index < -0.39 is 5.54 Å². The minimum atomic E-state index is -0.959. The molecule has 3 N–H and O–H groups in total. The first kappa shape index (κ1) is 23.4. The van der Waals surface area contributed by atoms with Gasteiger partial charge in [0, 0.05) is 29.9 Å². The van der Waals surface area contributed by atoms with Crippen LogP contribution in [0.5, 0.6) is 0 Å². The SMILES string of the molecule is CNCCN(C(=O)c1cn2nc(-c3ccc(N)cc3)cc(C(C)(C)C)c2n1)C(C)(C)C=O. The molecule has 2 heterocycles. The molecule has 3 aromatic rings. The number of rotatable bonds is 7. The van der Waals surface area contributed by atoms with Crippen LogP contribution in [0.4, 0.5) is 5.69 Å². The molecule has 0 saturated carbocycles. The number of benzene rings is 1. The highest BCUT2D eigenvalue weighted by Gasteiger charge is 2.33. The minimum Gasteiger partial charge on any atom is -0.399 e. The van der Waals surface area contributed by atoms with Crippen molar-refractivity contribution in [3.63, 3.8) is 0 Å². The van der Waals surface area contributed by atoms with Crippen molar-refractivity contribution in [1.82, 2.24) is 24.8 Å². The van der Waals surface area contributed by atoms with Crippen LogP contribution in [0, 0.1) is 0 Å². The van der Waals surface area contributed by atoms with Gasteiger partial charge in [0.25, 0.3) is 5.91 Å². The molecule has 32 heavy (non-hydrogen) atoms. The molecule has 170 valence electrons. The monoisotopic (exact) mass is 436 g/mol. The number of hydrogen-bond donors (Lipinski definition) is 2. The summed E-state index contributed by atoms with van der Waals surface area (Å²) >= 11 is 0. The summed E-state index contributed by atoms with van der Waals surface area (Å²) in [5.74, 6) is -0.309. The maximum absolute atomic E-state index is 13.4. The Morgan fingerprint density at radius 1 is 1.19 bits per heavy atom. The van der Waals surface area contributed by atoms with Crippen LogP contribution < -0.4 is 11.1 Å². The van der Waals surface area contributed by atoms with Crippen molar-refractivity contribution >= 4 is 23.5 Å². The zero-order valence-corrected chi connectivity index (χ0v) is 19.6. The maximum atomic E-state index is 13.4. The Bertz CT molecular complexity index is 1130. The first-order valence-electron chi connectivity index (χ1n) is 10.7. The largest absolute Gasteiger partial charge is 0.399 e. The van der Waals surface area contributed by atoms with Crippen molar-refractivity contribution in [1.29, 1.82) is 0 Å². The number of nitrogens with one attached hydrogen (secondary N) is 1. The number of imidazole rings is 1. The fourth-order valence-electron chi connectivity index (χ4n) is 3.50. The molecular weight excluding hydrogens is 404 g/mol. The predicted octanol–water partition coefficient (Wildman–Crippen LogP) is 2.92. The van der Waals surface area contributed by atoms with E-state index in [0.29, 0.717) is 24.4 Å². The van der Waals surface area contributed by atoms with Crippen LogP contribution in [0.2, 0.25) is 0 Å². The third kappa shape index (κ3) is 4.65. The third-order valence-corrected chi connectivity index (χ3v) is 5.47. The number of nitrogen functional groups attached to an aromatic ring is 1. The molecule has 0 aliphatic heterocycles. The highest BCUT2D eigenvalue weighted by molar-refractivity contribution is 5.95. The van der Waals surface area contributed by atoms with Gasteiger partial charge in [0.2, 0.25) is 0 Å². The lowest BCUT2D eigenvalue weighted by Gasteiger charge is -2.33. The van der Waals surface area contributed by atoms with Crippen LogP contribution in [0.25, 0.3) is 16.9 Å². The molecule has 0 unspecified atom stereocenters. The first-order valence-corrected chi connectivity index (χ1v) is 10.7. The average Bonchev–Trinajstić information content (AvgIpc) is 3.17. The zero-order valence-electron chi connectivity index (χ0n) is 19.6. The summed E-state index contributed by atoms with van der Waals surface area (Å²) in [6, 6.07) is 9.52. The van der Waals surface area contributed by atoms with Gasteiger partial charge >= 0.3 is 0 Å². The lowest BCUT2D eigenvalue weighted by molar-refractivity contribution is -0.115. The van der Waals surface area contributed by atoms with E-state index >= 15 is 0 Å². The van der Waals surface area contributed by atoms with Crippen LogP contribution in [0.1, 0.15) is 50.7 Å². The second-order valence-electron chi connectivity index (χ2n) is 9.54. The van der Waals surface area contributed by atoms with Crippen LogP contribution in [-0.2, 0) is 10.2 Å². The summed E-state index contributed by atoms with van der Waals surface area (Å²) in [6.45, 7) is 10.7. The summed E-state index contributed by atoms with van der Waals surface area (Å²) in [6.07, 6.45) is 2.43. The summed E-state index contributed by atoms with van der Waals surface area (Å²) in [5, 5.41) is 7.75. The molecule has 0 saturated heterocycles. The lowest BCUT2D eigenvalue weighted by Crippen LogP contribution is -2.51. The summed E-state index contributed by atoms with van der Waals surface area (Å²) in [5.41, 5.74) is 8.85. The van der Waals surface area contributed by atoms with E-state index in [1.165, 1.54) is 4.90 Å². The number of fused-ring (bicyclic) bond motifs is 1. The van der Waals surface area contributed by atoms with Gasteiger partial charge in [0.05, 0.1) is 17.4 Å². The molecule has 8 nitrogen and oxygen atoms in total. The molecule has 3 rings (SSSR count). The normalized spacial score (nSPS) is 12.2. The Morgan fingerprint density at radius 2 is 1.84 bits per heavy atom. The van der Waals surface area contributed by atoms with E-state index in [-0.39, 0.29) is 17.0 Å². The number of nitrogens with zero attached hydrogens (tertiary/aromatic N) is 4. The van der Waals surface area contributed by atoms with E-state index in [1.807, 2.05) is 30.3 Å². The molecule has 1 aromatic carbocycles. The number of carbonyl (C=O) groups is 2. The predicted molar refractivity (Wildman–Crippen MR) is 127 cm³/mol. The maximum Gasteiger partial charge on any atom is 0.274 e. The van der Waals surface area contributed by atoms with Gasteiger partial charge in [-0.2, -0.15) is 5.10 Å². The van der Waals surface area contributed by atoms with E-state index in [1.54, 1.807) is 31.6 Å². The molecular formula is C24H32N6O2. The number of hydrogen-bond acceptors (Lipinski definition) is 6. The van der Waals surface area contributed by atoms with Crippen LogP contribution in [0.15, 0.2) is 36.5 Å². The van der Waals surface area contributed by atoms with Crippen LogP contribution >= 0.6 is 0 Å². The van der Waals surface area contributed by atoms with Crippen molar-refractivity contribution in [2.75, 3.05) is 25.9 Å². The Kier molecular flexibility index (Phi) is 6.37. The van der Waals surface area contributed by atoms with Gasteiger partial charge in [0.1, 0.15) is 12.0 Å². The zero-order chi connectivity index (χ0) is 23.7. The highest BCUT2D eigenvalue weighted by Crippen LogP contribution is 2.30. The molecule has 0 aliphatic carbocycles. The van der Waals surface area contributed by atoms with E-state index in [9.17, 15) is 9.59 Å². The van der Waals surface area contributed by atoms with E-state index in [2.05, 4.69) is 31.1 Å². The van der Waals surface area contributed by atoms with Gasteiger partial charge in [-0.05, 0) is 44.5 Å². The third-order valence-electron chi connectivity index (χ3n) is 5.47. The molecule has 1 amide bonds. The smallest absolute Gasteiger partial charge is 0.274 e. The van der Waals surface area contributed by atoms with Gasteiger partial charge in [-0.3, -0.25) is 4.79 Å². The number of aldehydes is 1. The summed E-state index contributed by atoms with van der Waals surface area (Å²) < 4.78 is 1.66. The van der Waals surface area contributed by atoms with Gasteiger partial charge in [-0.1, -0.05) is 32.9 Å². The number of carbonyl (C=O) groups excluding carboxylic acids is 2. The standard InChI is InChI=1S/C24H32N6O2/c1-23(2,3)18-13-19(16-7-9-17(25)10-8-16)28-30-14-20(27-21(18)30)22(32)29(12-11-26-6)24(4,5)15-31/h7-10,13-15,26H,11-12,25H2,1-6H3. The second kappa shape index (κ2) is 8.70. The Balaban J connectivity index is 2.14. The van der Waals surface area contributed by atoms with E-state index in [4.69, 9.17) is 10.8 Å². The quantitative estimate of drug-likeness (QED) is 0.436. The first-order chi connectivity index (χ1) is 15.0. The van der Waals surface area contributed by atoms with Gasteiger partial charge in [-0.25, -0.2) is 9.50 Å². The molecule has 0 atom stereocenters. The molecule has 0 spiro atoms. The fourth-order valence-corrected chi connectivity index (χ4v) is 3.50. The number of anilines is 1. The topological polar surface area (TPSA) is 106 Å². The lowest BCUT2D eigenvalue weighted by atomic mass is 9.87. The number of amides is 1. The van der Waals surface area contributed by atoms with Gasteiger partial charge < -0.3 is 20.7 Å². The average molecular weight is 437 g/mol. The van der Waals surface area contributed by atoms with Crippen molar-refractivity contribution in [3.05, 3.63) is 47.8 Å². The molecule has 0 bridgehead atoms. The minimum absolute atomic E-state index is 0.230. The summed E-state index contributed by atoms with van der Waals surface area (Å²) in [4.78, 5) is 31.3. The number of aromatic nitrogens is 3. The van der Waals surface area contributed by atoms with Crippen LogP contribution in [0.3, 0.4) is 0 Å².